The molecule has 6 nitrogen and oxygen atoms in total. The number of nitrogens with one attached hydrogen (secondary N) is 1. The smallest absolute Gasteiger partial charge is 0.257 e. The summed E-state index contributed by atoms with van der Waals surface area (Å²) in [5.74, 6) is 0.611. The van der Waals surface area contributed by atoms with Gasteiger partial charge < -0.3 is 15.0 Å². The van der Waals surface area contributed by atoms with Crippen LogP contribution in [0, 0.1) is 0 Å². The summed E-state index contributed by atoms with van der Waals surface area (Å²) in [7, 11) is 0. The van der Waals surface area contributed by atoms with Crippen molar-refractivity contribution in [3.05, 3.63) is 65.7 Å². The van der Waals surface area contributed by atoms with Gasteiger partial charge in [-0.3, -0.25) is 14.5 Å². The Morgan fingerprint density at radius 2 is 1.64 bits per heavy atom. The molecule has 1 aliphatic rings. The molecule has 1 N–H and O–H groups in total. The summed E-state index contributed by atoms with van der Waals surface area (Å²) >= 11 is 0. The number of hydrogen-bond acceptors (Lipinski definition) is 4. The summed E-state index contributed by atoms with van der Waals surface area (Å²) in [6.45, 7) is 5.88. The molecule has 148 valence electrons. The quantitative estimate of drug-likeness (QED) is 0.798. The molecule has 1 aliphatic heterocycles. The zero-order valence-electron chi connectivity index (χ0n) is 16.3. The van der Waals surface area contributed by atoms with Gasteiger partial charge in [0.25, 0.3) is 5.91 Å². The molecule has 1 heterocycles. The Balaban J connectivity index is 1.46. The van der Waals surface area contributed by atoms with Gasteiger partial charge in [-0.1, -0.05) is 42.5 Å². The van der Waals surface area contributed by atoms with Crippen LogP contribution < -0.4 is 10.1 Å². The minimum absolute atomic E-state index is 0.00493. The maximum atomic E-state index is 12.8. The molecule has 0 aliphatic carbocycles. The average molecular weight is 381 g/mol. The van der Waals surface area contributed by atoms with E-state index in [0.29, 0.717) is 57.2 Å². The van der Waals surface area contributed by atoms with Crippen LogP contribution in [-0.2, 0) is 11.3 Å². The van der Waals surface area contributed by atoms with Gasteiger partial charge in [-0.2, -0.15) is 0 Å². The molecule has 0 unspecified atom stereocenters. The van der Waals surface area contributed by atoms with E-state index in [0.717, 1.165) is 5.56 Å². The third-order valence-electron chi connectivity index (χ3n) is 4.78. The van der Waals surface area contributed by atoms with Gasteiger partial charge in [0.2, 0.25) is 5.91 Å². The van der Waals surface area contributed by atoms with Crippen LogP contribution in [0.2, 0.25) is 0 Å². The normalized spacial score (nSPS) is 14.5. The SMILES string of the molecule is CCOc1ccccc1C(=O)N1CCN(CC(=O)NCc2ccccc2)CC1. The second-order valence-electron chi connectivity index (χ2n) is 6.76. The van der Waals surface area contributed by atoms with Crippen LogP contribution in [-0.4, -0.2) is 60.9 Å². The van der Waals surface area contributed by atoms with Crippen molar-refractivity contribution in [2.24, 2.45) is 0 Å². The topological polar surface area (TPSA) is 61.9 Å². The molecule has 2 amide bonds. The minimum atomic E-state index is -0.0165. The lowest BCUT2D eigenvalue weighted by atomic mass is 10.1. The number of amides is 2. The highest BCUT2D eigenvalue weighted by atomic mass is 16.5. The van der Waals surface area contributed by atoms with E-state index >= 15 is 0 Å². The number of rotatable bonds is 7. The van der Waals surface area contributed by atoms with E-state index in [1.807, 2.05) is 60.4 Å². The zero-order valence-corrected chi connectivity index (χ0v) is 16.3. The highest BCUT2D eigenvalue weighted by molar-refractivity contribution is 5.97. The molecule has 2 aromatic carbocycles. The molecule has 3 rings (SSSR count). The summed E-state index contributed by atoms with van der Waals surface area (Å²) in [5.41, 5.74) is 1.68. The molecule has 0 radical (unpaired) electrons. The number of benzene rings is 2. The van der Waals surface area contributed by atoms with E-state index in [4.69, 9.17) is 4.74 Å². The Hall–Kier alpha value is -2.86. The monoisotopic (exact) mass is 381 g/mol. The molecule has 0 bridgehead atoms. The van der Waals surface area contributed by atoms with Crippen LogP contribution in [0.5, 0.6) is 5.75 Å². The van der Waals surface area contributed by atoms with E-state index in [9.17, 15) is 9.59 Å². The highest BCUT2D eigenvalue weighted by Crippen LogP contribution is 2.20. The molecule has 0 aromatic heterocycles. The minimum Gasteiger partial charge on any atom is -0.493 e. The number of carbonyl (C=O) groups excluding carboxylic acids is 2. The van der Waals surface area contributed by atoms with Crippen molar-refractivity contribution >= 4 is 11.8 Å². The molecule has 1 fully saturated rings. The summed E-state index contributed by atoms with van der Waals surface area (Å²) in [4.78, 5) is 28.9. The predicted octanol–water partition coefficient (Wildman–Crippen LogP) is 2.16. The van der Waals surface area contributed by atoms with E-state index in [1.165, 1.54) is 0 Å². The Labute approximate surface area is 166 Å². The average Bonchev–Trinajstić information content (AvgIpc) is 2.74. The first-order chi connectivity index (χ1) is 13.7. The van der Waals surface area contributed by atoms with Crippen LogP contribution in [0.4, 0.5) is 0 Å². The predicted molar refractivity (Wildman–Crippen MR) is 108 cm³/mol. The van der Waals surface area contributed by atoms with Crippen LogP contribution in [0.25, 0.3) is 0 Å². The molecule has 28 heavy (non-hydrogen) atoms. The van der Waals surface area contributed by atoms with Crippen LogP contribution in [0.3, 0.4) is 0 Å². The zero-order chi connectivity index (χ0) is 19.8. The molecule has 0 saturated carbocycles. The summed E-state index contributed by atoms with van der Waals surface area (Å²) in [6.07, 6.45) is 0. The Morgan fingerprint density at radius 3 is 2.36 bits per heavy atom. The van der Waals surface area contributed by atoms with Gasteiger partial charge in [0.15, 0.2) is 0 Å². The van der Waals surface area contributed by atoms with Gasteiger partial charge >= 0.3 is 0 Å². The summed E-state index contributed by atoms with van der Waals surface area (Å²) in [6, 6.07) is 17.2. The largest absolute Gasteiger partial charge is 0.493 e. The van der Waals surface area contributed by atoms with Crippen molar-refractivity contribution in [3.63, 3.8) is 0 Å². The molecule has 1 saturated heterocycles. The lowest BCUT2D eigenvalue weighted by Crippen LogP contribution is -2.51. The first-order valence-corrected chi connectivity index (χ1v) is 9.71. The second-order valence-corrected chi connectivity index (χ2v) is 6.76. The highest BCUT2D eigenvalue weighted by Gasteiger charge is 2.25. The summed E-state index contributed by atoms with van der Waals surface area (Å²) < 4.78 is 5.58. The van der Waals surface area contributed by atoms with Gasteiger partial charge in [0.05, 0.1) is 18.7 Å². The third-order valence-corrected chi connectivity index (χ3v) is 4.78. The standard InChI is InChI=1S/C22H27N3O3/c1-2-28-20-11-7-6-10-19(20)22(27)25-14-12-24(13-15-25)17-21(26)23-16-18-8-4-3-5-9-18/h3-11H,2,12-17H2,1H3,(H,23,26). The number of carbonyl (C=O) groups is 2. The van der Waals surface area contributed by atoms with Crippen molar-refractivity contribution in [2.45, 2.75) is 13.5 Å². The fourth-order valence-electron chi connectivity index (χ4n) is 3.26. The Morgan fingerprint density at radius 1 is 0.964 bits per heavy atom. The Bertz CT molecular complexity index is 787. The second kappa shape index (κ2) is 9.90. The fourth-order valence-corrected chi connectivity index (χ4v) is 3.26. The first-order valence-electron chi connectivity index (χ1n) is 9.71. The number of ether oxygens (including phenoxy) is 1. The van der Waals surface area contributed by atoms with Gasteiger partial charge in [-0.05, 0) is 24.6 Å². The van der Waals surface area contributed by atoms with Gasteiger partial charge in [0.1, 0.15) is 5.75 Å². The van der Waals surface area contributed by atoms with Crippen molar-refractivity contribution in [1.82, 2.24) is 15.1 Å². The van der Waals surface area contributed by atoms with E-state index in [-0.39, 0.29) is 11.8 Å². The molecule has 6 heteroatoms. The van der Waals surface area contributed by atoms with Gasteiger partial charge in [-0.15, -0.1) is 0 Å². The maximum Gasteiger partial charge on any atom is 0.257 e. The van der Waals surface area contributed by atoms with Gasteiger partial charge in [-0.25, -0.2) is 0 Å². The van der Waals surface area contributed by atoms with Crippen LogP contribution in [0.1, 0.15) is 22.8 Å². The summed E-state index contributed by atoms with van der Waals surface area (Å²) in [5, 5.41) is 2.95. The maximum absolute atomic E-state index is 12.8. The van der Waals surface area contributed by atoms with E-state index in [1.54, 1.807) is 6.07 Å². The van der Waals surface area contributed by atoms with E-state index in [2.05, 4.69) is 10.2 Å². The number of hydrogen-bond donors (Lipinski definition) is 1. The number of piperazine rings is 1. The fraction of sp³-hybridized carbons (Fsp3) is 0.364. The molecule has 2 aromatic rings. The van der Waals surface area contributed by atoms with Crippen LogP contribution in [0.15, 0.2) is 54.6 Å². The third kappa shape index (κ3) is 5.33. The van der Waals surface area contributed by atoms with Crippen molar-refractivity contribution in [2.75, 3.05) is 39.3 Å². The lowest BCUT2D eigenvalue weighted by molar-refractivity contribution is -0.122. The van der Waals surface area contributed by atoms with Crippen molar-refractivity contribution in [3.8, 4) is 5.75 Å². The molecular formula is C22H27N3O3. The first kappa shape index (κ1) is 19.9. The lowest BCUT2D eigenvalue weighted by Gasteiger charge is -2.34. The van der Waals surface area contributed by atoms with Crippen molar-refractivity contribution in [1.29, 1.82) is 0 Å². The number of para-hydroxylation sites is 1. The molecular weight excluding hydrogens is 354 g/mol. The van der Waals surface area contributed by atoms with E-state index < -0.39 is 0 Å². The van der Waals surface area contributed by atoms with Gasteiger partial charge in [0, 0.05) is 32.7 Å². The number of nitrogens with zero attached hydrogens (tertiary/aromatic N) is 2. The molecule has 0 atom stereocenters. The Kier molecular flexibility index (Phi) is 7.03. The molecule has 0 spiro atoms. The van der Waals surface area contributed by atoms with Crippen molar-refractivity contribution < 1.29 is 14.3 Å². The van der Waals surface area contributed by atoms with Crippen LogP contribution >= 0.6 is 0 Å².